The van der Waals surface area contributed by atoms with Gasteiger partial charge in [-0.1, -0.05) is 37.3 Å². The van der Waals surface area contributed by atoms with Gasteiger partial charge in [0.15, 0.2) is 0 Å². The number of imidazole rings is 1. The van der Waals surface area contributed by atoms with Crippen LogP contribution in [-0.4, -0.2) is 16.1 Å². The molecule has 0 spiro atoms. The molecular weight excluding hydrogens is 258 g/mol. The number of aromatic nitrogens is 2. The van der Waals surface area contributed by atoms with Gasteiger partial charge in [0.05, 0.1) is 6.04 Å². The molecule has 1 fully saturated rings. The summed E-state index contributed by atoms with van der Waals surface area (Å²) in [5, 5.41) is 3.72. The van der Waals surface area contributed by atoms with Gasteiger partial charge < -0.3 is 9.88 Å². The highest BCUT2D eigenvalue weighted by atomic mass is 15.1. The minimum Gasteiger partial charge on any atom is -0.334 e. The molecule has 112 valence electrons. The Balaban J connectivity index is 1.78. The number of nitrogens with zero attached hydrogens (tertiary/aromatic N) is 2. The van der Waals surface area contributed by atoms with Crippen molar-refractivity contribution in [2.45, 2.75) is 45.2 Å². The Bertz CT molecular complexity index is 561. The van der Waals surface area contributed by atoms with Gasteiger partial charge in [-0.2, -0.15) is 0 Å². The van der Waals surface area contributed by atoms with Crippen LogP contribution in [0.4, 0.5) is 0 Å². The summed E-state index contributed by atoms with van der Waals surface area (Å²) in [5.41, 5.74) is 1.47. The summed E-state index contributed by atoms with van der Waals surface area (Å²) in [6.45, 7) is 6.45. The molecule has 2 aromatic rings. The van der Waals surface area contributed by atoms with Gasteiger partial charge in [0, 0.05) is 18.9 Å². The Labute approximate surface area is 127 Å². The quantitative estimate of drug-likeness (QED) is 0.838. The third kappa shape index (κ3) is 3.03. The molecule has 0 bridgehead atoms. The molecule has 0 radical (unpaired) electrons. The molecule has 1 aromatic heterocycles. The summed E-state index contributed by atoms with van der Waals surface area (Å²) in [6, 6.07) is 11.3. The molecule has 1 N–H and O–H groups in total. The SMILES string of the molecule is CCCNC(c1nccn1CC)C1CC1c1ccccc1. The van der Waals surface area contributed by atoms with E-state index in [1.807, 2.05) is 6.20 Å². The molecule has 1 aromatic carbocycles. The standard InChI is InChI=1S/C18H25N3/c1-3-10-19-17(18-20-11-12-21(18)4-2)16-13-15(16)14-8-6-5-7-9-14/h5-9,11-12,15-17,19H,3-4,10,13H2,1-2H3. The maximum absolute atomic E-state index is 4.63. The second kappa shape index (κ2) is 6.44. The Morgan fingerprint density at radius 3 is 2.81 bits per heavy atom. The fourth-order valence-corrected chi connectivity index (χ4v) is 3.27. The molecule has 21 heavy (non-hydrogen) atoms. The molecule has 3 atom stereocenters. The molecular formula is C18H25N3. The van der Waals surface area contributed by atoms with Crippen LogP contribution in [0, 0.1) is 5.92 Å². The molecule has 1 saturated carbocycles. The van der Waals surface area contributed by atoms with Gasteiger partial charge in [-0.3, -0.25) is 0 Å². The van der Waals surface area contributed by atoms with Gasteiger partial charge >= 0.3 is 0 Å². The first kappa shape index (κ1) is 14.3. The Morgan fingerprint density at radius 1 is 1.29 bits per heavy atom. The van der Waals surface area contributed by atoms with Crippen LogP contribution < -0.4 is 5.32 Å². The lowest BCUT2D eigenvalue weighted by atomic mass is 10.0. The molecule has 0 aliphatic heterocycles. The summed E-state index contributed by atoms with van der Waals surface area (Å²) in [5.74, 6) is 2.56. The normalized spacial score (nSPS) is 22.2. The topological polar surface area (TPSA) is 29.9 Å². The Hall–Kier alpha value is -1.61. The molecule has 3 unspecified atom stereocenters. The zero-order chi connectivity index (χ0) is 14.7. The van der Waals surface area contributed by atoms with E-state index in [0.717, 1.165) is 19.5 Å². The smallest absolute Gasteiger partial charge is 0.126 e. The average Bonchev–Trinajstić information content (AvgIpc) is 3.18. The van der Waals surface area contributed by atoms with Crippen molar-refractivity contribution >= 4 is 0 Å². The summed E-state index contributed by atoms with van der Waals surface area (Å²) in [4.78, 5) is 4.63. The number of aryl methyl sites for hydroxylation is 1. The van der Waals surface area contributed by atoms with Gasteiger partial charge in [-0.15, -0.1) is 0 Å². The lowest BCUT2D eigenvalue weighted by Crippen LogP contribution is -2.27. The third-order valence-corrected chi connectivity index (χ3v) is 4.48. The highest BCUT2D eigenvalue weighted by Gasteiger charge is 2.45. The second-order valence-corrected chi connectivity index (χ2v) is 5.92. The van der Waals surface area contributed by atoms with Crippen molar-refractivity contribution < 1.29 is 0 Å². The van der Waals surface area contributed by atoms with E-state index in [9.17, 15) is 0 Å². The molecule has 3 heteroatoms. The predicted molar refractivity (Wildman–Crippen MR) is 86.2 cm³/mol. The van der Waals surface area contributed by atoms with Crippen molar-refractivity contribution in [3.05, 3.63) is 54.1 Å². The van der Waals surface area contributed by atoms with Crippen LogP contribution in [0.2, 0.25) is 0 Å². The van der Waals surface area contributed by atoms with Crippen molar-refractivity contribution in [2.75, 3.05) is 6.54 Å². The largest absolute Gasteiger partial charge is 0.334 e. The lowest BCUT2D eigenvalue weighted by Gasteiger charge is -2.19. The van der Waals surface area contributed by atoms with Crippen LogP contribution in [0.3, 0.4) is 0 Å². The number of benzene rings is 1. The molecule has 1 aliphatic carbocycles. The van der Waals surface area contributed by atoms with Gasteiger partial charge in [0.25, 0.3) is 0 Å². The zero-order valence-electron chi connectivity index (χ0n) is 13.0. The van der Waals surface area contributed by atoms with Gasteiger partial charge in [0.2, 0.25) is 0 Å². The average molecular weight is 283 g/mol. The van der Waals surface area contributed by atoms with Crippen molar-refractivity contribution in [2.24, 2.45) is 5.92 Å². The van der Waals surface area contributed by atoms with Gasteiger partial charge in [-0.05, 0) is 43.7 Å². The van der Waals surface area contributed by atoms with Crippen molar-refractivity contribution in [1.29, 1.82) is 0 Å². The van der Waals surface area contributed by atoms with Crippen molar-refractivity contribution in [3.8, 4) is 0 Å². The fourth-order valence-electron chi connectivity index (χ4n) is 3.27. The summed E-state index contributed by atoms with van der Waals surface area (Å²) in [7, 11) is 0. The van der Waals surface area contributed by atoms with E-state index in [0.29, 0.717) is 17.9 Å². The van der Waals surface area contributed by atoms with Crippen molar-refractivity contribution in [3.63, 3.8) is 0 Å². The summed E-state index contributed by atoms with van der Waals surface area (Å²) in [6.07, 6.45) is 6.45. The highest BCUT2D eigenvalue weighted by molar-refractivity contribution is 5.27. The van der Waals surface area contributed by atoms with Crippen LogP contribution in [0.5, 0.6) is 0 Å². The van der Waals surface area contributed by atoms with Crippen LogP contribution in [0.15, 0.2) is 42.7 Å². The number of hydrogen-bond donors (Lipinski definition) is 1. The van der Waals surface area contributed by atoms with Gasteiger partial charge in [0.1, 0.15) is 5.82 Å². The predicted octanol–water partition coefficient (Wildman–Crippen LogP) is 3.75. The minimum atomic E-state index is 0.380. The maximum atomic E-state index is 4.63. The van der Waals surface area contributed by atoms with E-state index in [2.05, 4.69) is 65.2 Å². The maximum Gasteiger partial charge on any atom is 0.126 e. The van der Waals surface area contributed by atoms with E-state index in [1.165, 1.54) is 17.8 Å². The number of nitrogens with one attached hydrogen (secondary N) is 1. The Kier molecular flexibility index (Phi) is 4.39. The van der Waals surface area contributed by atoms with Crippen molar-refractivity contribution in [1.82, 2.24) is 14.9 Å². The van der Waals surface area contributed by atoms with E-state index in [-0.39, 0.29) is 0 Å². The van der Waals surface area contributed by atoms with Crippen LogP contribution in [-0.2, 0) is 6.54 Å². The monoisotopic (exact) mass is 283 g/mol. The van der Waals surface area contributed by atoms with E-state index >= 15 is 0 Å². The molecule has 1 heterocycles. The molecule has 0 saturated heterocycles. The molecule has 3 nitrogen and oxygen atoms in total. The number of hydrogen-bond acceptors (Lipinski definition) is 2. The lowest BCUT2D eigenvalue weighted by molar-refractivity contribution is 0.434. The molecule has 1 aliphatic rings. The van der Waals surface area contributed by atoms with E-state index in [1.54, 1.807) is 0 Å². The first-order chi connectivity index (χ1) is 10.3. The second-order valence-electron chi connectivity index (χ2n) is 5.92. The summed E-state index contributed by atoms with van der Waals surface area (Å²) >= 11 is 0. The Morgan fingerprint density at radius 2 is 2.10 bits per heavy atom. The fraction of sp³-hybridized carbons (Fsp3) is 0.500. The first-order valence-corrected chi connectivity index (χ1v) is 8.14. The van der Waals surface area contributed by atoms with Crippen LogP contribution in [0.25, 0.3) is 0 Å². The molecule has 0 amide bonds. The minimum absolute atomic E-state index is 0.380. The first-order valence-electron chi connectivity index (χ1n) is 8.14. The van der Waals surface area contributed by atoms with Gasteiger partial charge in [-0.25, -0.2) is 4.98 Å². The van der Waals surface area contributed by atoms with Crippen LogP contribution in [0.1, 0.15) is 50.0 Å². The van der Waals surface area contributed by atoms with Crippen LogP contribution >= 0.6 is 0 Å². The zero-order valence-corrected chi connectivity index (χ0v) is 13.0. The molecule has 3 rings (SSSR count). The summed E-state index contributed by atoms with van der Waals surface area (Å²) < 4.78 is 2.27. The highest BCUT2D eigenvalue weighted by Crippen LogP contribution is 2.53. The van der Waals surface area contributed by atoms with E-state index < -0.39 is 0 Å². The third-order valence-electron chi connectivity index (χ3n) is 4.48. The van der Waals surface area contributed by atoms with E-state index in [4.69, 9.17) is 0 Å². The number of rotatable bonds is 7.